The van der Waals surface area contributed by atoms with Crippen LogP contribution in [0.4, 0.5) is 0 Å². The molecular weight excluding hydrogens is 280 g/mol. The van der Waals surface area contributed by atoms with Crippen molar-refractivity contribution < 1.29 is 19.4 Å². The average Bonchev–Trinajstić information content (AvgIpc) is 2.71. The first-order valence-electron chi connectivity index (χ1n) is 7.21. The van der Waals surface area contributed by atoms with Crippen LogP contribution in [0.1, 0.15) is 37.8 Å². The molecule has 0 spiro atoms. The number of rotatable bonds is 2. The Morgan fingerprint density at radius 1 is 1.27 bits per heavy atom. The van der Waals surface area contributed by atoms with Crippen LogP contribution >= 0.6 is 0 Å². The van der Waals surface area contributed by atoms with Crippen molar-refractivity contribution in [3.05, 3.63) is 40.5 Å². The van der Waals surface area contributed by atoms with Gasteiger partial charge in [0.25, 0.3) is 0 Å². The van der Waals surface area contributed by atoms with Crippen LogP contribution in [0.15, 0.2) is 29.4 Å². The van der Waals surface area contributed by atoms with Gasteiger partial charge in [0.2, 0.25) is 0 Å². The fourth-order valence-corrected chi connectivity index (χ4v) is 3.73. The molecule has 0 aliphatic heterocycles. The largest absolute Gasteiger partial charge is 0.504 e. The summed E-state index contributed by atoms with van der Waals surface area (Å²) in [6.07, 6.45) is 1.56. The van der Waals surface area contributed by atoms with Crippen LogP contribution in [-0.4, -0.2) is 23.8 Å². The molecule has 3 rings (SSSR count). The highest BCUT2D eigenvalue weighted by atomic mass is 16.5. The monoisotopic (exact) mass is 298 g/mol. The van der Waals surface area contributed by atoms with Crippen molar-refractivity contribution in [1.82, 2.24) is 0 Å². The number of carbonyl (C=O) groups is 2. The number of allylic oxidation sites excluding steroid dienone is 4. The summed E-state index contributed by atoms with van der Waals surface area (Å²) in [6.45, 7) is 5.31. The van der Waals surface area contributed by atoms with Gasteiger partial charge < -0.3 is 9.84 Å². The van der Waals surface area contributed by atoms with Crippen molar-refractivity contribution in [3.8, 4) is 11.5 Å². The number of hydrogen-bond acceptors (Lipinski definition) is 4. The van der Waals surface area contributed by atoms with Crippen LogP contribution in [0, 0.1) is 5.92 Å². The predicted molar refractivity (Wildman–Crippen MR) is 82.9 cm³/mol. The molecule has 2 atom stereocenters. The summed E-state index contributed by atoms with van der Waals surface area (Å²) in [5, 5.41) is 10.0. The number of methoxy groups -OCH3 is 1. The van der Waals surface area contributed by atoms with Gasteiger partial charge in [-0.1, -0.05) is 0 Å². The van der Waals surface area contributed by atoms with Crippen molar-refractivity contribution in [2.75, 3.05) is 7.11 Å². The predicted octanol–water partition coefficient (Wildman–Crippen LogP) is 3.01. The van der Waals surface area contributed by atoms with Gasteiger partial charge in [-0.05, 0) is 66.8 Å². The fourth-order valence-electron chi connectivity index (χ4n) is 3.73. The Labute approximate surface area is 129 Å². The molecule has 2 aliphatic carbocycles. The fraction of sp³-hybridized carbons (Fsp3) is 0.333. The van der Waals surface area contributed by atoms with E-state index in [1.165, 1.54) is 14.0 Å². The minimum absolute atomic E-state index is 0.0622. The minimum Gasteiger partial charge on any atom is -0.504 e. The SMILES string of the molecule is COc1cc2c(cc1O)C(C)=C1C(C)=CC(=O)C(C(C)=O)C12. The number of Topliss-reactive ketones (excluding diaryl/α,β-unsaturated/α-hetero) is 1. The molecule has 1 aromatic carbocycles. The van der Waals surface area contributed by atoms with Crippen LogP contribution in [0.5, 0.6) is 11.5 Å². The highest BCUT2D eigenvalue weighted by molar-refractivity contribution is 6.11. The average molecular weight is 298 g/mol. The number of aromatic hydroxyl groups is 1. The number of benzene rings is 1. The zero-order chi connectivity index (χ0) is 16.2. The molecule has 114 valence electrons. The lowest BCUT2D eigenvalue weighted by atomic mass is 9.72. The molecule has 1 aromatic rings. The number of carbonyl (C=O) groups excluding carboxylic acids is 2. The van der Waals surface area contributed by atoms with E-state index < -0.39 is 5.92 Å². The van der Waals surface area contributed by atoms with Gasteiger partial charge in [0, 0.05) is 5.92 Å². The molecule has 0 radical (unpaired) electrons. The molecule has 0 saturated carbocycles. The van der Waals surface area contributed by atoms with E-state index in [2.05, 4.69) is 0 Å². The molecule has 22 heavy (non-hydrogen) atoms. The Balaban J connectivity index is 2.30. The van der Waals surface area contributed by atoms with Gasteiger partial charge in [-0.15, -0.1) is 0 Å². The molecule has 0 saturated heterocycles. The molecule has 0 heterocycles. The van der Waals surface area contributed by atoms with E-state index >= 15 is 0 Å². The summed E-state index contributed by atoms with van der Waals surface area (Å²) in [7, 11) is 1.48. The number of hydrogen-bond donors (Lipinski definition) is 1. The summed E-state index contributed by atoms with van der Waals surface area (Å²) >= 11 is 0. The van der Waals surface area contributed by atoms with Crippen LogP contribution in [-0.2, 0) is 9.59 Å². The van der Waals surface area contributed by atoms with Gasteiger partial charge in [0.15, 0.2) is 17.3 Å². The number of phenols is 1. The normalized spacial score (nSPS) is 23.1. The number of ether oxygens (including phenoxy) is 1. The Hall–Kier alpha value is -2.36. The van der Waals surface area contributed by atoms with Gasteiger partial charge in [-0.25, -0.2) is 0 Å². The first-order chi connectivity index (χ1) is 10.4. The van der Waals surface area contributed by atoms with Crippen LogP contribution in [0.3, 0.4) is 0 Å². The number of phenolic OH excluding ortho intramolecular Hbond substituents is 1. The van der Waals surface area contributed by atoms with E-state index in [-0.39, 0.29) is 23.2 Å². The van der Waals surface area contributed by atoms with Crippen molar-refractivity contribution in [2.24, 2.45) is 5.92 Å². The van der Waals surface area contributed by atoms with E-state index in [1.54, 1.807) is 18.2 Å². The van der Waals surface area contributed by atoms with E-state index in [4.69, 9.17) is 4.74 Å². The molecule has 0 fully saturated rings. The second-order valence-electron chi connectivity index (χ2n) is 5.95. The molecule has 4 heteroatoms. The Morgan fingerprint density at radius 3 is 2.55 bits per heavy atom. The minimum atomic E-state index is -0.691. The van der Waals surface area contributed by atoms with Gasteiger partial charge in [-0.2, -0.15) is 0 Å². The maximum atomic E-state index is 12.3. The van der Waals surface area contributed by atoms with Crippen LogP contribution in [0.2, 0.25) is 0 Å². The zero-order valence-electron chi connectivity index (χ0n) is 13.1. The summed E-state index contributed by atoms with van der Waals surface area (Å²) in [5.74, 6) is -0.832. The summed E-state index contributed by atoms with van der Waals surface area (Å²) < 4.78 is 5.18. The molecule has 0 aromatic heterocycles. The third-order valence-electron chi connectivity index (χ3n) is 4.67. The molecule has 2 aliphatic rings. The third kappa shape index (κ3) is 1.83. The molecule has 1 N–H and O–H groups in total. The molecular formula is C18H18O4. The molecule has 0 bridgehead atoms. The third-order valence-corrected chi connectivity index (χ3v) is 4.67. The van der Waals surface area contributed by atoms with Gasteiger partial charge in [0.1, 0.15) is 5.78 Å². The van der Waals surface area contributed by atoms with Gasteiger partial charge in [0.05, 0.1) is 13.0 Å². The zero-order valence-corrected chi connectivity index (χ0v) is 13.1. The van der Waals surface area contributed by atoms with E-state index in [0.29, 0.717) is 5.75 Å². The lowest BCUT2D eigenvalue weighted by molar-refractivity contribution is -0.129. The molecule has 0 amide bonds. The first-order valence-corrected chi connectivity index (χ1v) is 7.21. The Kier molecular flexibility index (Phi) is 3.20. The van der Waals surface area contributed by atoms with Gasteiger partial charge >= 0.3 is 0 Å². The Bertz CT molecular complexity index is 768. The van der Waals surface area contributed by atoms with Crippen LogP contribution < -0.4 is 4.74 Å². The lowest BCUT2D eigenvalue weighted by Crippen LogP contribution is -2.31. The summed E-state index contributed by atoms with van der Waals surface area (Å²) in [4.78, 5) is 24.4. The van der Waals surface area contributed by atoms with Crippen molar-refractivity contribution >= 4 is 17.1 Å². The quantitative estimate of drug-likeness (QED) is 0.852. The number of fused-ring (bicyclic) bond motifs is 3. The summed E-state index contributed by atoms with van der Waals surface area (Å²) in [5.41, 5.74) is 4.67. The van der Waals surface area contributed by atoms with E-state index in [1.807, 2.05) is 13.8 Å². The van der Waals surface area contributed by atoms with E-state index in [9.17, 15) is 14.7 Å². The first kappa shape index (κ1) is 14.6. The topological polar surface area (TPSA) is 63.6 Å². The smallest absolute Gasteiger partial charge is 0.167 e. The summed E-state index contributed by atoms with van der Waals surface area (Å²) in [6, 6.07) is 3.40. The van der Waals surface area contributed by atoms with Crippen LogP contribution in [0.25, 0.3) is 5.57 Å². The molecule has 2 unspecified atom stereocenters. The highest BCUT2D eigenvalue weighted by Crippen LogP contribution is 2.53. The second kappa shape index (κ2) is 4.83. The van der Waals surface area contributed by atoms with Crippen molar-refractivity contribution in [2.45, 2.75) is 26.7 Å². The number of ketones is 2. The standard InChI is InChI=1S/C18H18O4/c1-8-5-14(21)17(10(3)19)18-12-7-15(22-4)13(20)6-11(12)9(2)16(8)18/h5-7,17-18,20H,1-4H3. The van der Waals surface area contributed by atoms with Crippen molar-refractivity contribution in [3.63, 3.8) is 0 Å². The Morgan fingerprint density at radius 2 is 1.95 bits per heavy atom. The van der Waals surface area contributed by atoms with Gasteiger partial charge in [-0.3, -0.25) is 9.59 Å². The van der Waals surface area contributed by atoms with Crippen molar-refractivity contribution in [1.29, 1.82) is 0 Å². The maximum absolute atomic E-state index is 12.3. The molecule has 4 nitrogen and oxygen atoms in total. The highest BCUT2D eigenvalue weighted by Gasteiger charge is 2.44. The second-order valence-corrected chi connectivity index (χ2v) is 5.95. The maximum Gasteiger partial charge on any atom is 0.167 e. The lowest BCUT2D eigenvalue weighted by Gasteiger charge is -2.28. The van der Waals surface area contributed by atoms with E-state index in [0.717, 1.165) is 27.8 Å².